The number of aryl methyl sites for hydroxylation is 1. The van der Waals surface area contributed by atoms with Gasteiger partial charge in [0.2, 0.25) is 10.0 Å². The van der Waals surface area contributed by atoms with Gasteiger partial charge in [-0.25, -0.2) is 17.5 Å². The fraction of sp³-hybridized carbons (Fsp3) is 0.562. The minimum Gasteiger partial charge on any atom is -0.465 e. The highest BCUT2D eigenvalue weighted by atomic mass is 32.2. The first kappa shape index (κ1) is 19.6. The molecule has 0 fully saturated rings. The van der Waals surface area contributed by atoms with Crippen molar-refractivity contribution < 1.29 is 17.9 Å². The highest BCUT2D eigenvalue weighted by molar-refractivity contribution is 7.89. The highest BCUT2D eigenvalue weighted by Crippen LogP contribution is 2.21. The van der Waals surface area contributed by atoms with Crippen molar-refractivity contribution in [2.24, 2.45) is 11.7 Å². The molecule has 0 amide bonds. The summed E-state index contributed by atoms with van der Waals surface area (Å²) in [5, 5.41) is 0. The van der Waals surface area contributed by atoms with Gasteiger partial charge in [-0.05, 0) is 37.0 Å². The molecule has 0 saturated heterocycles. The number of nitrogens with zero attached hydrogens (tertiary/aromatic N) is 1. The molecule has 23 heavy (non-hydrogen) atoms. The van der Waals surface area contributed by atoms with E-state index in [1.807, 2.05) is 13.8 Å². The SMILES string of the molecule is COC(=O)c1ccc(C)c(S(=O)(=O)N(C)CCC(N)C(C)C)c1. The van der Waals surface area contributed by atoms with E-state index in [0.29, 0.717) is 18.5 Å². The van der Waals surface area contributed by atoms with E-state index in [-0.39, 0.29) is 22.4 Å². The average molecular weight is 342 g/mol. The Balaban J connectivity index is 3.05. The molecule has 130 valence electrons. The van der Waals surface area contributed by atoms with Crippen LogP contribution in [0.1, 0.15) is 36.2 Å². The van der Waals surface area contributed by atoms with Gasteiger partial charge in [0.25, 0.3) is 0 Å². The molecule has 7 heteroatoms. The molecule has 0 radical (unpaired) electrons. The zero-order valence-corrected chi connectivity index (χ0v) is 15.2. The van der Waals surface area contributed by atoms with Crippen LogP contribution in [0, 0.1) is 12.8 Å². The van der Waals surface area contributed by atoms with Gasteiger partial charge in [0.1, 0.15) is 0 Å². The standard InChI is InChI=1S/C16H26N2O4S/c1-11(2)14(17)8-9-18(4)23(20,21)15-10-13(16(19)22-5)7-6-12(15)3/h6-7,10-11,14H,8-9,17H2,1-5H3. The van der Waals surface area contributed by atoms with E-state index in [4.69, 9.17) is 5.73 Å². The third-order valence-electron chi connectivity index (χ3n) is 3.93. The fourth-order valence-corrected chi connectivity index (χ4v) is 3.51. The van der Waals surface area contributed by atoms with Crippen LogP contribution in [0.3, 0.4) is 0 Å². The Morgan fingerprint density at radius 3 is 2.48 bits per heavy atom. The lowest BCUT2D eigenvalue weighted by atomic mass is 10.0. The summed E-state index contributed by atoms with van der Waals surface area (Å²) >= 11 is 0. The first-order valence-corrected chi connectivity index (χ1v) is 8.96. The van der Waals surface area contributed by atoms with E-state index in [1.165, 1.54) is 24.5 Å². The monoisotopic (exact) mass is 342 g/mol. The predicted molar refractivity (Wildman–Crippen MR) is 89.8 cm³/mol. The third kappa shape index (κ3) is 4.76. The quantitative estimate of drug-likeness (QED) is 0.763. The Morgan fingerprint density at radius 1 is 1.35 bits per heavy atom. The molecule has 0 saturated carbocycles. The molecular weight excluding hydrogens is 316 g/mol. The van der Waals surface area contributed by atoms with Gasteiger partial charge in [-0.3, -0.25) is 0 Å². The summed E-state index contributed by atoms with van der Waals surface area (Å²) in [5.41, 5.74) is 6.77. The van der Waals surface area contributed by atoms with Crippen LogP contribution in [0.5, 0.6) is 0 Å². The molecule has 0 bridgehead atoms. The van der Waals surface area contributed by atoms with Gasteiger partial charge in [-0.15, -0.1) is 0 Å². The van der Waals surface area contributed by atoms with Crippen molar-refractivity contribution in [3.8, 4) is 0 Å². The second kappa shape index (κ2) is 7.90. The minimum atomic E-state index is -3.69. The predicted octanol–water partition coefficient (Wildman–Crippen LogP) is 1.78. The topological polar surface area (TPSA) is 89.7 Å². The molecule has 6 nitrogen and oxygen atoms in total. The van der Waals surface area contributed by atoms with E-state index in [2.05, 4.69) is 4.74 Å². The number of rotatable bonds is 7. The summed E-state index contributed by atoms with van der Waals surface area (Å²) in [5.74, 6) is -0.276. The molecule has 1 unspecified atom stereocenters. The molecule has 1 rings (SSSR count). The van der Waals surface area contributed by atoms with Crippen LogP contribution in [-0.4, -0.2) is 45.4 Å². The number of methoxy groups -OCH3 is 1. The van der Waals surface area contributed by atoms with Gasteiger partial charge >= 0.3 is 5.97 Å². The molecule has 0 aliphatic heterocycles. The van der Waals surface area contributed by atoms with Crippen LogP contribution in [-0.2, 0) is 14.8 Å². The van der Waals surface area contributed by atoms with Crippen molar-refractivity contribution in [1.29, 1.82) is 0 Å². The number of ether oxygens (including phenoxy) is 1. The first-order valence-electron chi connectivity index (χ1n) is 7.52. The number of hydrogen-bond donors (Lipinski definition) is 1. The maximum Gasteiger partial charge on any atom is 0.337 e. The van der Waals surface area contributed by atoms with Crippen LogP contribution in [0.4, 0.5) is 0 Å². The summed E-state index contributed by atoms with van der Waals surface area (Å²) in [4.78, 5) is 11.7. The molecule has 1 atom stereocenters. The Labute approximate surface area is 138 Å². The second-order valence-corrected chi connectivity index (χ2v) is 8.01. The number of esters is 1. The summed E-state index contributed by atoms with van der Waals surface area (Å²) in [6.45, 7) is 6.03. The van der Waals surface area contributed by atoms with E-state index in [1.54, 1.807) is 19.1 Å². The normalized spacial score (nSPS) is 13.4. The number of carbonyl (C=O) groups is 1. The van der Waals surface area contributed by atoms with Crippen LogP contribution >= 0.6 is 0 Å². The molecule has 0 heterocycles. The molecule has 1 aromatic carbocycles. The second-order valence-electron chi connectivity index (χ2n) is 5.99. The van der Waals surface area contributed by atoms with Crippen molar-refractivity contribution in [1.82, 2.24) is 4.31 Å². The maximum atomic E-state index is 12.7. The summed E-state index contributed by atoms with van der Waals surface area (Å²) in [7, 11) is -0.905. The summed E-state index contributed by atoms with van der Waals surface area (Å²) < 4.78 is 31.4. The van der Waals surface area contributed by atoms with Gasteiger partial charge in [-0.2, -0.15) is 0 Å². The van der Waals surface area contributed by atoms with E-state index >= 15 is 0 Å². The smallest absolute Gasteiger partial charge is 0.337 e. The molecule has 0 spiro atoms. The number of hydrogen-bond acceptors (Lipinski definition) is 5. The van der Waals surface area contributed by atoms with Crippen molar-refractivity contribution in [3.63, 3.8) is 0 Å². The van der Waals surface area contributed by atoms with Gasteiger partial charge in [0, 0.05) is 19.6 Å². The summed E-state index contributed by atoms with van der Waals surface area (Å²) in [6.07, 6.45) is 0.573. The number of carbonyl (C=O) groups excluding carboxylic acids is 1. The van der Waals surface area contributed by atoms with E-state index in [9.17, 15) is 13.2 Å². The fourth-order valence-electron chi connectivity index (χ4n) is 2.08. The van der Waals surface area contributed by atoms with Crippen LogP contribution < -0.4 is 5.73 Å². The molecule has 2 N–H and O–H groups in total. The molecular formula is C16H26N2O4S. The number of nitrogens with two attached hydrogens (primary N) is 1. The zero-order valence-electron chi connectivity index (χ0n) is 14.4. The van der Waals surface area contributed by atoms with Crippen molar-refractivity contribution >= 4 is 16.0 Å². The summed E-state index contributed by atoms with van der Waals surface area (Å²) in [6, 6.07) is 4.45. The van der Waals surface area contributed by atoms with Gasteiger partial charge in [-0.1, -0.05) is 19.9 Å². The van der Waals surface area contributed by atoms with Gasteiger partial charge < -0.3 is 10.5 Å². The lowest BCUT2D eigenvalue weighted by molar-refractivity contribution is 0.0600. The third-order valence-corrected chi connectivity index (χ3v) is 5.93. The lowest BCUT2D eigenvalue weighted by Crippen LogP contribution is -2.35. The largest absolute Gasteiger partial charge is 0.465 e. The number of benzene rings is 1. The lowest BCUT2D eigenvalue weighted by Gasteiger charge is -2.22. The highest BCUT2D eigenvalue weighted by Gasteiger charge is 2.24. The Bertz CT molecular complexity index is 656. The first-order chi connectivity index (χ1) is 10.6. The van der Waals surface area contributed by atoms with Gasteiger partial charge in [0.05, 0.1) is 17.6 Å². The average Bonchev–Trinajstić information content (AvgIpc) is 2.51. The Morgan fingerprint density at radius 2 is 1.96 bits per heavy atom. The Kier molecular flexibility index (Phi) is 6.73. The molecule has 0 aliphatic carbocycles. The molecule has 1 aromatic rings. The molecule has 0 aliphatic rings. The molecule has 0 aromatic heterocycles. The van der Waals surface area contributed by atoms with E-state index < -0.39 is 16.0 Å². The van der Waals surface area contributed by atoms with Crippen molar-refractivity contribution in [2.75, 3.05) is 20.7 Å². The van der Waals surface area contributed by atoms with Gasteiger partial charge in [0.15, 0.2) is 0 Å². The van der Waals surface area contributed by atoms with Crippen LogP contribution in [0.2, 0.25) is 0 Å². The van der Waals surface area contributed by atoms with Crippen molar-refractivity contribution in [2.45, 2.75) is 38.1 Å². The van der Waals surface area contributed by atoms with Crippen LogP contribution in [0.15, 0.2) is 23.1 Å². The minimum absolute atomic E-state index is 0.0600. The maximum absolute atomic E-state index is 12.7. The van der Waals surface area contributed by atoms with Crippen molar-refractivity contribution in [3.05, 3.63) is 29.3 Å². The van der Waals surface area contributed by atoms with E-state index in [0.717, 1.165) is 0 Å². The van der Waals surface area contributed by atoms with Crippen LogP contribution in [0.25, 0.3) is 0 Å². The zero-order chi connectivity index (χ0) is 17.8. The Hall–Kier alpha value is -1.44. The number of sulfonamides is 1.